The molecule has 0 aliphatic carbocycles. The molecule has 8 heteroatoms. The molecule has 2 aromatic rings. The highest BCUT2D eigenvalue weighted by Crippen LogP contribution is 2.34. The van der Waals surface area contributed by atoms with E-state index in [1.54, 1.807) is 24.3 Å². The summed E-state index contributed by atoms with van der Waals surface area (Å²) in [7, 11) is -3.43. The third-order valence-corrected chi connectivity index (χ3v) is 3.39. The van der Waals surface area contributed by atoms with Crippen molar-refractivity contribution in [2.24, 2.45) is 0 Å². The van der Waals surface area contributed by atoms with Crippen molar-refractivity contribution >= 4 is 21.5 Å². The van der Waals surface area contributed by atoms with E-state index < -0.39 is 10.0 Å². The monoisotopic (exact) mass is 267 g/mol. The van der Waals surface area contributed by atoms with Crippen molar-refractivity contribution in [3.8, 4) is 17.1 Å². The van der Waals surface area contributed by atoms with Gasteiger partial charge >= 0.3 is 0 Å². The zero-order chi connectivity index (χ0) is 12.8. The summed E-state index contributed by atoms with van der Waals surface area (Å²) in [6, 6.07) is 6.55. The van der Waals surface area contributed by atoms with E-state index in [2.05, 4.69) is 9.88 Å². The van der Waals surface area contributed by atoms with Crippen LogP contribution in [0.3, 0.4) is 0 Å². The van der Waals surface area contributed by atoms with Gasteiger partial charge in [0.05, 0.1) is 5.69 Å². The third-order valence-electron chi connectivity index (χ3n) is 2.43. The number of aromatic nitrogens is 1. The molecule has 3 rings (SSSR count). The molecule has 3 N–H and O–H groups in total. The van der Waals surface area contributed by atoms with Crippen LogP contribution in [0.5, 0.6) is 5.75 Å². The van der Waals surface area contributed by atoms with Crippen molar-refractivity contribution in [2.75, 3.05) is 16.4 Å². The van der Waals surface area contributed by atoms with Crippen molar-refractivity contribution < 1.29 is 17.7 Å². The number of nitrogens with one attached hydrogen (secondary N) is 1. The maximum absolute atomic E-state index is 11.4. The molecule has 7 nitrogen and oxygen atoms in total. The lowest BCUT2D eigenvalue weighted by atomic mass is 10.1. The van der Waals surface area contributed by atoms with Gasteiger partial charge in [-0.15, -0.1) is 0 Å². The molecule has 94 valence electrons. The van der Waals surface area contributed by atoms with Gasteiger partial charge in [0.25, 0.3) is 10.0 Å². The normalized spacial score (nSPS) is 16.4. The summed E-state index contributed by atoms with van der Waals surface area (Å²) in [6.07, 6.45) is 0. The van der Waals surface area contributed by atoms with Gasteiger partial charge in [0, 0.05) is 11.6 Å². The highest BCUT2D eigenvalue weighted by Gasteiger charge is 2.22. The highest BCUT2D eigenvalue weighted by atomic mass is 32.2. The van der Waals surface area contributed by atoms with Crippen molar-refractivity contribution in [2.45, 2.75) is 0 Å². The summed E-state index contributed by atoms with van der Waals surface area (Å²) in [6.45, 7) is 0. The standard InChI is InChI=1S/C10H9N3O4S/c11-10-4-9(17-12-10)6-1-2-8-7(3-6)13-18(14,15)5-16-8/h1-4,13H,5H2,(H2,11,12). The van der Waals surface area contributed by atoms with E-state index in [1.165, 1.54) is 0 Å². The van der Waals surface area contributed by atoms with Crippen molar-refractivity contribution in [1.82, 2.24) is 5.16 Å². The SMILES string of the molecule is Nc1cc(-c2ccc3c(c2)NS(=O)(=O)CO3)on1. The molecule has 1 aliphatic heterocycles. The number of fused-ring (bicyclic) bond motifs is 1. The van der Waals surface area contributed by atoms with Crippen LogP contribution in [-0.2, 0) is 10.0 Å². The van der Waals surface area contributed by atoms with Crippen LogP contribution in [0.15, 0.2) is 28.8 Å². The second kappa shape index (κ2) is 3.64. The van der Waals surface area contributed by atoms with E-state index in [-0.39, 0.29) is 11.8 Å². The summed E-state index contributed by atoms with van der Waals surface area (Å²) in [5.74, 6) is 0.815. The van der Waals surface area contributed by atoms with Gasteiger partial charge in [-0.05, 0) is 18.2 Å². The molecule has 1 aromatic carbocycles. The van der Waals surface area contributed by atoms with Crippen molar-refractivity contribution in [3.63, 3.8) is 0 Å². The van der Waals surface area contributed by atoms with E-state index in [9.17, 15) is 8.42 Å². The van der Waals surface area contributed by atoms with Crippen LogP contribution >= 0.6 is 0 Å². The summed E-state index contributed by atoms with van der Waals surface area (Å²) >= 11 is 0. The van der Waals surface area contributed by atoms with Crippen LogP contribution < -0.4 is 15.2 Å². The van der Waals surface area contributed by atoms with Crippen LogP contribution in [0.25, 0.3) is 11.3 Å². The molecule has 1 aromatic heterocycles. The molecule has 0 saturated carbocycles. The summed E-state index contributed by atoms with van der Waals surface area (Å²) in [5, 5.41) is 3.57. The van der Waals surface area contributed by atoms with Gasteiger partial charge in [0.2, 0.25) is 5.94 Å². The maximum Gasteiger partial charge on any atom is 0.268 e. The number of nitrogens with zero attached hydrogens (tertiary/aromatic N) is 1. The van der Waals surface area contributed by atoms with E-state index >= 15 is 0 Å². The molecule has 0 fully saturated rings. The minimum atomic E-state index is -3.43. The maximum atomic E-state index is 11.4. The lowest BCUT2D eigenvalue weighted by molar-refractivity contribution is 0.374. The average Bonchev–Trinajstić information content (AvgIpc) is 2.74. The second-order valence-electron chi connectivity index (χ2n) is 3.81. The topological polar surface area (TPSA) is 107 Å². The van der Waals surface area contributed by atoms with Gasteiger partial charge in [-0.1, -0.05) is 5.16 Å². The largest absolute Gasteiger partial charge is 0.474 e. The molecule has 0 unspecified atom stereocenters. The van der Waals surface area contributed by atoms with E-state index in [4.69, 9.17) is 15.0 Å². The highest BCUT2D eigenvalue weighted by molar-refractivity contribution is 7.92. The van der Waals surface area contributed by atoms with Gasteiger partial charge in [-0.25, -0.2) is 8.42 Å². The molecule has 0 saturated heterocycles. The molecule has 0 bridgehead atoms. The summed E-state index contributed by atoms with van der Waals surface area (Å²) in [4.78, 5) is 0. The number of ether oxygens (including phenoxy) is 1. The lowest BCUT2D eigenvalue weighted by Crippen LogP contribution is -2.25. The zero-order valence-electron chi connectivity index (χ0n) is 9.08. The summed E-state index contributed by atoms with van der Waals surface area (Å²) in [5.41, 5.74) is 6.48. The van der Waals surface area contributed by atoms with Crippen LogP contribution in [0, 0.1) is 0 Å². The van der Waals surface area contributed by atoms with Crippen LogP contribution in [0.1, 0.15) is 0 Å². The van der Waals surface area contributed by atoms with E-state index in [0.29, 0.717) is 22.8 Å². The Morgan fingerprint density at radius 3 is 2.89 bits per heavy atom. The predicted octanol–water partition coefficient (Wildman–Crippen LogP) is 1.02. The number of nitrogens with two attached hydrogens (primary N) is 1. The van der Waals surface area contributed by atoms with Crippen LogP contribution in [0.2, 0.25) is 0 Å². The Morgan fingerprint density at radius 1 is 1.33 bits per heavy atom. The lowest BCUT2D eigenvalue weighted by Gasteiger charge is -2.19. The number of benzene rings is 1. The zero-order valence-corrected chi connectivity index (χ0v) is 9.90. The Kier molecular flexibility index (Phi) is 2.20. The van der Waals surface area contributed by atoms with Crippen molar-refractivity contribution in [1.29, 1.82) is 0 Å². The first-order chi connectivity index (χ1) is 8.53. The first-order valence-corrected chi connectivity index (χ1v) is 6.69. The predicted molar refractivity (Wildman–Crippen MR) is 64.4 cm³/mol. The molecule has 0 amide bonds. The first kappa shape index (κ1) is 10.9. The fourth-order valence-corrected chi connectivity index (χ4v) is 2.49. The Labute approximate surface area is 103 Å². The second-order valence-corrected chi connectivity index (χ2v) is 5.48. The molecule has 0 radical (unpaired) electrons. The molecule has 2 heterocycles. The number of anilines is 2. The fourth-order valence-electron chi connectivity index (χ4n) is 1.65. The Morgan fingerprint density at radius 2 is 2.17 bits per heavy atom. The first-order valence-electron chi connectivity index (χ1n) is 5.03. The number of sulfonamides is 1. The molecule has 0 atom stereocenters. The molecule has 0 spiro atoms. The number of hydrogen-bond acceptors (Lipinski definition) is 6. The van der Waals surface area contributed by atoms with E-state index in [0.717, 1.165) is 0 Å². The smallest absolute Gasteiger partial charge is 0.268 e. The number of rotatable bonds is 1. The Hall–Kier alpha value is -2.22. The molecular weight excluding hydrogens is 258 g/mol. The van der Waals surface area contributed by atoms with Gasteiger partial charge in [-0.2, -0.15) is 0 Å². The number of nitrogen functional groups attached to an aromatic ring is 1. The quantitative estimate of drug-likeness (QED) is 0.798. The van der Waals surface area contributed by atoms with Crippen LogP contribution in [-0.4, -0.2) is 19.5 Å². The fraction of sp³-hybridized carbons (Fsp3) is 0.100. The number of hydrogen-bond donors (Lipinski definition) is 2. The van der Waals surface area contributed by atoms with Crippen molar-refractivity contribution in [3.05, 3.63) is 24.3 Å². The molecule has 1 aliphatic rings. The van der Waals surface area contributed by atoms with Gasteiger partial charge in [0.15, 0.2) is 11.6 Å². The van der Waals surface area contributed by atoms with Gasteiger partial charge < -0.3 is 15.0 Å². The Bertz CT molecular complexity index is 708. The van der Waals surface area contributed by atoms with Gasteiger partial charge in [0.1, 0.15) is 5.75 Å². The minimum Gasteiger partial charge on any atom is -0.474 e. The summed E-state index contributed by atoms with van der Waals surface area (Å²) < 4.78 is 35.3. The molecular formula is C10H9N3O4S. The average molecular weight is 267 g/mol. The third kappa shape index (κ3) is 1.86. The molecule has 18 heavy (non-hydrogen) atoms. The Balaban J connectivity index is 2.05. The van der Waals surface area contributed by atoms with Gasteiger partial charge in [-0.3, -0.25) is 4.72 Å². The van der Waals surface area contributed by atoms with Crippen LogP contribution in [0.4, 0.5) is 11.5 Å². The van der Waals surface area contributed by atoms with E-state index in [1.807, 2.05) is 0 Å². The minimum absolute atomic E-state index is 0.263.